The lowest BCUT2D eigenvalue weighted by atomic mass is 9.94. The largest absolute Gasteiger partial charge is 0.264 e. The van der Waals surface area contributed by atoms with Crippen LogP contribution in [0.5, 0.6) is 0 Å². The predicted molar refractivity (Wildman–Crippen MR) is 191 cm³/mol. The van der Waals surface area contributed by atoms with Crippen LogP contribution in [-0.2, 0) is 0 Å². The lowest BCUT2D eigenvalue weighted by Gasteiger charge is -2.13. The highest BCUT2D eigenvalue weighted by Gasteiger charge is 2.15. The summed E-state index contributed by atoms with van der Waals surface area (Å²) in [5, 5.41) is 0. The fourth-order valence-electron chi connectivity index (χ4n) is 5.70. The maximum Gasteiger partial charge on any atom is 0.164 e. The van der Waals surface area contributed by atoms with Gasteiger partial charge in [-0.25, -0.2) is 15.0 Å². The second-order valence-corrected chi connectivity index (χ2v) is 11.3. The van der Waals surface area contributed by atoms with Crippen molar-refractivity contribution in [3.63, 3.8) is 0 Å². The van der Waals surface area contributed by atoms with Crippen molar-refractivity contribution in [1.29, 1.82) is 0 Å². The number of hydrogen-bond acceptors (Lipinski definition) is 6. The van der Waals surface area contributed by atoms with E-state index < -0.39 is 0 Å². The summed E-state index contributed by atoms with van der Waals surface area (Å²) in [6, 6.07) is 47.6. The van der Waals surface area contributed by atoms with Crippen molar-refractivity contribution in [2.75, 3.05) is 0 Å². The highest BCUT2D eigenvalue weighted by molar-refractivity contribution is 5.82. The van der Waals surface area contributed by atoms with Gasteiger partial charge in [0.1, 0.15) is 0 Å². The molecular weight excluding hydrogens is 589 g/mol. The van der Waals surface area contributed by atoms with Gasteiger partial charge in [-0.05, 0) is 57.6 Å². The minimum Gasteiger partial charge on any atom is -0.264 e. The van der Waals surface area contributed by atoms with Crippen molar-refractivity contribution < 1.29 is 0 Å². The second kappa shape index (κ2) is 13.0. The molecule has 3 heterocycles. The first-order chi connectivity index (χ1) is 23.8. The summed E-state index contributed by atoms with van der Waals surface area (Å²) in [7, 11) is 0. The van der Waals surface area contributed by atoms with Gasteiger partial charge in [-0.1, -0.05) is 115 Å². The standard InChI is InChI=1S/C42H28N6/c1-3-8-33(9-4-1)40-46-41(34-10-5-2-6-11-34)48-42(47-40)38-25-36(30-15-13-29(14-16-30)35-12-7-21-43-27-35)24-37(26-38)31-17-19-32(20-18-31)39-28-44-22-23-45-39/h1-28H. The maximum atomic E-state index is 5.03. The topological polar surface area (TPSA) is 77.3 Å². The molecular formula is C42H28N6. The van der Waals surface area contributed by atoms with Crippen LogP contribution in [0.4, 0.5) is 0 Å². The van der Waals surface area contributed by atoms with Gasteiger partial charge in [0.05, 0.1) is 11.9 Å². The van der Waals surface area contributed by atoms with E-state index in [1.807, 2.05) is 72.9 Å². The number of aromatic nitrogens is 6. The number of benzene rings is 5. The summed E-state index contributed by atoms with van der Waals surface area (Å²) in [5.74, 6) is 1.86. The van der Waals surface area contributed by atoms with Gasteiger partial charge in [-0.15, -0.1) is 0 Å². The van der Waals surface area contributed by atoms with E-state index in [-0.39, 0.29) is 0 Å². The third kappa shape index (κ3) is 6.10. The Hall–Kier alpha value is -6.66. The number of pyridine rings is 1. The van der Waals surface area contributed by atoms with Crippen LogP contribution in [-0.4, -0.2) is 29.9 Å². The molecule has 8 rings (SSSR count). The Kier molecular flexibility index (Phi) is 7.79. The predicted octanol–water partition coefficient (Wildman–Crippen LogP) is 9.73. The molecule has 5 aromatic carbocycles. The molecule has 8 aromatic rings. The minimum atomic E-state index is 0.606. The zero-order chi connectivity index (χ0) is 32.1. The summed E-state index contributed by atoms with van der Waals surface area (Å²) in [4.78, 5) is 27.9. The molecule has 0 saturated heterocycles. The Morgan fingerprint density at radius 3 is 1.25 bits per heavy atom. The van der Waals surface area contributed by atoms with Gasteiger partial charge in [-0.3, -0.25) is 15.0 Å². The fraction of sp³-hybridized carbons (Fsp3) is 0. The Labute approximate surface area is 278 Å². The van der Waals surface area contributed by atoms with Crippen LogP contribution in [0.15, 0.2) is 171 Å². The molecule has 226 valence electrons. The first-order valence-corrected chi connectivity index (χ1v) is 15.7. The molecule has 6 nitrogen and oxygen atoms in total. The Morgan fingerprint density at radius 1 is 0.292 bits per heavy atom. The summed E-state index contributed by atoms with van der Waals surface area (Å²) < 4.78 is 0. The van der Waals surface area contributed by atoms with E-state index in [9.17, 15) is 0 Å². The van der Waals surface area contributed by atoms with E-state index in [0.717, 1.165) is 61.3 Å². The molecule has 0 bridgehead atoms. The van der Waals surface area contributed by atoms with E-state index >= 15 is 0 Å². The number of nitrogens with zero attached hydrogens (tertiary/aromatic N) is 6. The molecule has 0 aliphatic carbocycles. The second-order valence-electron chi connectivity index (χ2n) is 11.3. The van der Waals surface area contributed by atoms with Crippen molar-refractivity contribution >= 4 is 0 Å². The zero-order valence-electron chi connectivity index (χ0n) is 25.8. The lowest BCUT2D eigenvalue weighted by Crippen LogP contribution is -2.00. The average molecular weight is 617 g/mol. The molecule has 0 amide bonds. The van der Waals surface area contributed by atoms with Crippen molar-refractivity contribution in [2.24, 2.45) is 0 Å². The Bertz CT molecular complexity index is 2130. The monoisotopic (exact) mass is 616 g/mol. The molecule has 0 atom stereocenters. The SMILES string of the molecule is c1ccc(-c2nc(-c3ccccc3)nc(-c3cc(-c4ccc(-c5cccnc5)cc4)cc(-c4ccc(-c5cnccn5)cc4)c3)n2)cc1. The number of hydrogen-bond donors (Lipinski definition) is 0. The van der Waals surface area contributed by atoms with Crippen LogP contribution in [0, 0.1) is 0 Å². The van der Waals surface area contributed by atoms with E-state index in [1.165, 1.54) is 0 Å². The summed E-state index contributed by atoms with van der Waals surface area (Å²) in [5.41, 5.74) is 11.0. The van der Waals surface area contributed by atoms with Gasteiger partial charge in [0.25, 0.3) is 0 Å². The van der Waals surface area contributed by atoms with Gasteiger partial charge >= 0.3 is 0 Å². The Balaban J connectivity index is 1.28. The molecule has 0 aliphatic rings. The van der Waals surface area contributed by atoms with Crippen molar-refractivity contribution in [1.82, 2.24) is 29.9 Å². The quantitative estimate of drug-likeness (QED) is 0.177. The molecule has 0 N–H and O–H groups in total. The van der Waals surface area contributed by atoms with E-state index in [1.54, 1.807) is 24.8 Å². The fourth-order valence-corrected chi connectivity index (χ4v) is 5.70. The van der Waals surface area contributed by atoms with Gasteiger partial charge in [0, 0.05) is 47.0 Å². The van der Waals surface area contributed by atoms with Gasteiger partial charge in [0.15, 0.2) is 17.5 Å². The highest BCUT2D eigenvalue weighted by atomic mass is 15.0. The van der Waals surface area contributed by atoms with Gasteiger partial charge in [0.2, 0.25) is 0 Å². The van der Waals surface area contributed by atoms with Crippen LogP contribution >= 0.6 is 0 Å². The van der Waals surface area contributed by atoms with Crippen LogP contribution in [0.2, 0.25) is 0 Å². The van der Waals surface area contributed by atoms with Crippen LogP contribution in [0.3, 0.4) is 0 Å². The third-order valence-electron chi connectivity index (χ3n) is 8.18. The van der Waals surface area contributed by atoms with Crippen LogP contribution in [0.25, 0.3) is 78.8 Å². The maximum absolute atomic E-state index is 5.03. The lowest BCUT2D eigenvalue weighted by molar-refractivity contribution is 1.07. The molecule has 0 spiro atoms. The molecule has 48 heavy (non-hydrogen) atoms. The first-order valence-electron chi connectivity index (χ1n) is 15.7. The normalized spacial score (nSPS) is 10.9. The van der Waals surface area contributed by atoms with Crippen molar-refractivity contribution in [2.45, 2.75) is 0 Å². The number of rotatable bonds is 7. The van der Waals surface area contributed by atoms with E-state index in [0.29, 0.717) is 17.5 Å². The van der Waals surface area contributed by atoms with Crippen LogP contribution in [0.1, 0.15) is 0 Å². The minimum absolute atomic E-state index is 0.606. The molecule has 0 aliphatic heterocycles. The van der Waals surface area contributed by atoms with E-state index in [2.05, 4.69) is 87.7 Å². The van der Waals surface area contributed by atoms with Crippen molar-refractivity contribution in [3.05, 3.63) is 171 Å². The highest BCUT2D eigenvalue weighted by Crippen LogP contribution is 2.35. The summed E-state index contributed by atoms with van der Waals surface area (Å²) in [6.45, 7) is 0. The van der Waals surface area contributed by atoms with Gasteiger partial charge in [-0.2, -0.15) is 0 Å². The molecule has 0 saturated carbocycles. The zero-order valence-corrected chi connectivity index (χ0v) is 25.8. The average Bonchev–Trinajstić information content (AvgIpc) is 3.19. The van der Waals surface area contributed by atoms with E-state index in [4.69, 9.17) is 15.0 Å². The van der Waals surface area contributed by atoms with Crippen LogP contribution < -0.4 is 0 Å². The van der Waals surface area contributed by atoms with Gasteiger partial charge < -0.3 is 0 Å². The summed E-state index contributed by atoms with van der Waals surface area (Å²) in [6.07, 6.45) is 8.84. The summed E-state index contributed by atoms with van der Waals surface area (Å²) >= 11 is 0. The molecule has 0 radical (unpaired) electrons. The molecule has 0 unspecified atom stereocenters. The third-order valence-corrected chi connectivity index (χ3v) is 8.18. The molecule has 6 heteroatoms. The first kappa shape index (κ1) is 28.8. The van der Waals surface area contributed by atoms with Crippen molar-refractivity contribution in [3.8, 4) is 78.8 Å². The molecule has 0 fully saturated rings. The molecule has 3 aromatic heterocycles. The smallest absolute Gasteiger partial charge is 0.164 e. The Morgan fingerprint density at radius 2 is 0.750 bits per heavy atom.